The summed E-state index contributed by atoms with van der Waals surface area (Å²) in [5.74, 6) is 0. The van der Waals surface area contributed by atoms with E-state index < -0.39 is 0 Å². The lowest BCUT2D eigenvalue weighted by atomic mass is 10.2. The highest BCUT2D eigenvalue weighted by atomic mass is 16.3. The van der Waals surface area contributed by atoms with E-state index in [0.29, 0.717) is 0 Å². The first-order valence-electron chi connectivity index (χ1n) is 4.70. The van der Waals surface area contributed by atoms with Crippen LogP contribution < -0.4 is 0 Å². The van der Waals surface area contributed by atoms with E-state index in [0.717, 1.165) is 25.6 Å². The average molecular weight is 157 g/mol. The van der Waals surface area contributed by atoms with Gasteiger partial charge in [-0.1, -0.05) is 13.8 Å². The van der Waals surface area contributed by atoms with Crippen molar-refractivity contribution in [3.63, 3.8) is 0 Å². The van der Waals surface area contributed by atoms with Crippen LogP contribution in [0.15, 0.2) is 0 Å². The second kappa shape index (κ2) is 4.07. The summed E-state index contributed by atoms with van der Waals surface area (Å²) in [6.45, 7) is 6.16. The van der Waals surface area contributed by atoms with Gasteiger partial charge in [-0.05, 0) is 25.8 Å². The molecular formula is C9H19NO. The van der Waals surface area contributed by atoms with Crippen molar-refractivity contribution in [3.8, 4) is 0 Å². The zero-order chi connectivity index (χ0) is 8.27. The van der Waals surface area contributed by atoms with Crippen molar-refractivity contribution in [2.75, 3.05) is 13.1 Å². The van der Waals surface area contributed by atoms with Crippen molar-refractivity contribution in [3.05, 3.63) is 0 Å². The number of hydrogen-bond donors (Lipinski definition) is 1. The Balaban J connectivity index is 2.19. The van der Waals surface area contributed by atoms with Crippen LogP contribution in [0, 0.1) is 0 Å². The highest BCUT2D eigenvalue weighted by Crippen LogP contribution is 2.26. The zero-order valence-electron chi connectivity index (χ0n) is 7.58. The number of hydrogen-bond acceptors (Lipinski definition) is 2. The van der Waals surface area contributed by atoms with Gasteiger partial charge in [-0.25, -0.2) is 0 Å². The number of aliphatic hydroxyl groups excluding tert-OH is 1. The van der Waals surface area contributed by atoms with Crippen LogP contribution >= 0.6 is 0 Å². The number of rotatable bonds is 5. The summed E-state index contributed by atoms with van der Waals surface area (Å²) >= 11 is 0. The summed E-state index contributed by atoms with van der Waals surface area (Å²) in [4.78, 5) is 2.38. The van der Waals surface area contributed by atoms with Crippen molar-refractivity contribution >= 4 is 0 Å². The molecule has 11 heavy (non-hydrogen) atoms. The SMILES string of the molecule is CCC(O)CN(CC)C1CC1. The Labute approximate surface area is 69.2 Å². The van der Waals surface area contributed by atoms with Crippen molar-refractivity contribution in [1.29, 1.82) is 0 Å². The standard InChI is InChI=1S/C9H19NO/c1-3-9(11)7-10(4-2)8-5-6-8/h8-9,11H,3-7H2,1-2H3. The van der Waals surface area contributed by atoms with Gasteiger partial charge in [-0.3, -0.25) is 4.90 Å². The molecule has 1 saturated carbocycles. The van der Waals surface area contributed by atoms with Gasteiger partial charge in [-0.2, -0.15) is 0 Å². The summed E-state index contributed by atoms with van der Waals surface area (Å²) in [7, 11) is 0. The molecule has 0 amide bonds. The fraction of sp³-hybridized carbons (Fsp3) is 1.00. The molecule has 0 aromatic heterocycles. The molecule has 66 valence electrons. The summed E-state index contributed by atoms with van der Waals surface area (Å²) in [5, 5.41) is 9.39. The van der Waals surface area contributed by atoms with E-state index in [1.807, 2.05) is 6.92 Å². The highest BCUT2D eigenvalue weighted by Gasteiger charge is 2.28. The van der Waals surface area contributed by atoms with Crippen molar-refractivity contribution in [2.45, 2.75) is 45.3 Å². The molecule has 1 N–H and O–H groups in total. The third-order valence-corrected chi connectivity index (χ3v) is 2.39. The van der Waals surface area contributed by atoms with Gasteiger partial charge in [0.1, 0.15) is 0 Å². The van der Waals surface area contributed by atoms with Gasteiger partial charge in [0.25, 0.3) is 0 Å². The molecule has 2 heteroatoms. The summed E-state index contributed by atoms with van der Waals surface area (Å²) < 4.78 is 0. The van der Waals surface area contributed by atoms with Gasteiger partial charge < -0.3 is 5.11 Å². The molecule has 0 aromatic rings. The van der Waals surface area contributed by atoms with Crippen LogP contribution in [0.3, 0.4) is 0 Å². The lowest BCUT2D eigenvalue weighted by molar-refractivity contribution is 0.108. The van der Waals surface area contributed by atoms with Gasteiger partial charge in [0.2, 0.25) is 0 Å². The highest BCUT2D eigenvalue weighted by molar-refractivity contribution is 4.84. The molecule has 1 fully saturated rings. The first-order valence-corrected chi connectivity index (χ1v) is 4.70. The second-order valence-corrected chi connectivity index (χ2v) is 3.38. The fourth-order valence-corrected chi connectivity index (χ4v) is 1.38. The molecule has 0 saturated heterocycles. The van der Waals surface area contributed by atoms with Crippen molar-refractivity contribution < 1.29 is 5.11 Å². The first kappa shape index (κ1) is 9.01. The van der Waals surface area contributed by atoms with E-state index in [1.165, 1.54) is 12.8 Å². The van der Waals surface area contributed by atoms with Crippen LogP contribution in [-0.4, -0.2) is 35.2 Å². The monoisotopic (exact) mass is 157 g/mol. The minimum absolute atomic E-state index is 0.115. The van der Waals surface area contributed by atoms with Crippen LogP contribution in [-0.2, 0) is 0 Å². The minimum atomic E-state index is -0.115. The van der Waals surface area contributed by atoms with E-state index in [2.05, 4.69) is 11.8 Å². The molecule has 1 unspecified atom stereocenters. The Morgan fingerprint density at radius 2 is 2.09 bits per heavy atom. The fourth-order valence-electron chi connectivity index (χ4n) is 1.38. The van der Waals surface area contributed by atoms with Crippen LogP contribution in [0.2, 0.25) is 0 Å². The predicted octanol–water partition coefficient (Wildman–Crippen LogP) is 1.24. The molecule has 0 bridgehead atoms. The van der Waals surface area contributed by atoms with E-state index in [9.17, 15) is 5.11 Å². The van der Waals surface area contributed by atoms with E-state index in [1.54, 1.807) is 0 Å². The Bertz CT molecular complexity index is 112. The number of nitrogens with zero attached hydrogens (tertiary/aromatic N) is 1. The van der Waals surface area contributed by atoms with E-state index in [-0.39, 0.29) is 6.10 Å². The molecule has 2 nitrogen and oxygen atoms in total. The van der Waals surface area contributed by atoms with Crippen LogP contribution in [0.4, 0.5) is 0 Å². The maximum atomic E-state index is 9.39. The smallest absolute Gasteiger partial charge is 0.0664 e. The molecule has 0 spiro atoms. The summed E-state index contributed by atoms with van der Waals surface area (Å²) in [6, 6.07) is 0.793. The van der Waals surface area contributed by atoms with Crippen molar-refractivity contribution in [1.82, 2.24) is 4.90 Å². The second-order valence-electron chi connectivity index (χ2n) is 3.38. The molecule has 0 aromatic carbocycles. The Morgan fingerprint density at radius 3 is 2.45 bits per heavy atom. The molecule has 0 radical (unpaired) electrons. The number of aliphatic hydroxyl groups is 1. The van der Waals surface area contributed by atoms with Crippen molar-refractivity contribution in [2.24, 2.45) is 0 Å². The van der Waals surface area contributed by atoms with Gasteiger partial charge in [-0.15, -0.1) is 0 Å². The molecule has 1 aliphatic carbocycles. The van der Waals surface area contributed by atoms with Crippen LogP contribution in [0.25, 0.3) is 0 Å². The van der Waals surface area contributed by atoms with Gasteiger partial charge >= 0.3 is 0 Å². The quantitative estimate of drug-likeness (QED) is 0.649. The molecule has 1 aliphatic rings. The Morgan fingerprint density at radius 1 is 1.45 bits per heavy atom. The topological polar surface area (TPSA) is 23.5 Å². The number of likely N-dealkylation sites (N-methyl/N-ethyl adjacent to an activating group) is 1. The normalized spacial score (nSPS) is 20.7. The molecule has 1 atom stereocenters. The molecular weight excluding hydrogens is 138 g/mol. The average Bonchev–Trinajstić information content (AvgIpc) is 2.82. The van der Waals surface area contributed by atoms with Crippen LogP contribution in [0.1, 0.15) is 33.1 Å². The largest absolute Gasteiger partial charge is 0.392 e. The summed E-state index contributed by atoms with van der Waals surface area (Å²) in [6.07, 6.45) is 3.44. The lowest BCUT2D eigenvalue weighted by Gasteiger charge is -2.22. The molecule has 0 aliphatic heterocycles. The maximum Gasteiger partial charge on any atom is 0.0664 e. The first-order chi connectivity index (χ1) is 5.27. The third kappa shape index (κ3) is 2.80. The summed E-state index contributed by atoms with van der Waals surface area (Å²) in [5.41, 5.74) is 0. The molecule has 1 rings (SSSR count). The molecule has 0 heterocycles. The van der Waals surface area contributed by atoms with Crippen LogP contribution in [0.5, 0.6) is 0 Å². The lowest BCUT2D eigenvalue weighted by Crippen LogP contribution is -2.33. The van der Waals surface area contributed by atoms with Gasteiger partial charge in [0.05, 0.1) is 6.10 Å². The minimum Gasteiger partial charge on any atom is -0.392 e. The zero-order valence-corrected chi connectivity index (χ0v) is 7.58. The van der Waals surface area contributed by atoms with E-state index >= 15 is 0 Å². The third-order valence-electron chi connectivity index (χ3n) is 2.39. The van der Waals surface area contributed by atoms with E-state index in [4.69, 9.17) is 0 Å². The van der Waals surface area contributed by atoms with Gasteiger partial charge in [0, 0.05) is 12.6 Å². The van der Waals surface area contributed by atoms with Gasteiger partial charge in [0.15, 0.2) is 0 Å². The Kier molecular flexibility index (Phi) is 3.34. The predicted molar refractivity (Wildman–Crippen MR) is 46.6 cm³/mol. The Hall–Kier alpha value is -0.0800. The maximum absolute atomic E-state index is 9.39.